The number of rotatable bonds is 8. The molecule has 164 valence electrons. The first-order valence-electron chi connectivity index (χ1n) is 10.5. The molecule has 0 aromatic heterocycles. The summed E-state index contributed by atoms with van der Waals surface area (Å²) in [5, 5.41) is 6.70. The van der Waals surface area contributed by atoms with Crippen molar-refractivity contribution in [2.75, 3.05) is 31.9 Å². The maximum atomic E-state index is 13.6. The van der Waals surface area contributed by atoms with Crippen molar-refractivity contribution in [3.8, 4) is 0 Å². The van der Waals surface area contributed by atoms with Gasteiger partial charge < -0.3 is 10.6 Å². The Morgan fingerprint density at radius 2 is 1.97 bits per heavy atom. The van der Waals surface area contributed by atoms with Gasteiger partial charge in [-0.2, -0.15) is 0 Å². The number of hydrogen-bond acceptors (Lipinski definition) is 3. The lowest BCUT2D eigenvalue weighted by atomic mass is 9.85. The van der Waals surface area contributed by atoms with E-state index in [0.717, 1.165) is 24.9 Å². The van der Waals surface area contributed by atoms with Crippen LogP contribution in [-0.4, -0.2) is 56.7 Å². The van der Waals surface area contributed by atoms with E-state index in [4.69, 9.17) is 4.99 Å². The summed E-state index contributed by atoms with van der Waals surface area (Å²) in [6, 6.07) is 6.83. The third-order valence-electron chi connectivity index (χ3n) is 5.23. The van der Waals surface area contributed by atoms with E-state index in [1.165, 1.54) is 6.07 Å². The van der Waals surface area contributed by atoms with Gasteiger partial charge in [0.05, 0.1) is 12.3 Å². The van der Waals surface area contributed by atoms with Gasteiger partial charge in [0.2, 0.25) is 10.0 Å². The Morgan fingerprint density at radius 3 is 2.55 bits per heavy atom. The second-order valence-electron chi connectivity index (χ2n) is 8.22. The zero-order valence-corrected chi connectivity index (χ0v) is 18.9. The Labute approximate surface area is 175 Å². The molecule has 1 fully saturated rings. The number of nitrogens with zero attached hydrogens (tertiary/aromatic N) is 2. The third kappa shape index (κ3) is 6.96. The van der Waals surface area contributed by atoms with Gasteiger partial charge in [0.25, 0.3) is 0 Å². The van der Waals surface area contributed by atoms with E-state index in [0.29, 0.717) is 32.0 Å². The van der Waals surface area contributed by atoms with Crippen molar-refractivity contribution in [3.05, 3.63) is 35.6 Å². The van der Waals surface area contributed by atoms with E-state index < -0.39 is 10.0 Å². The van der Waals surface area contributed by atoms with Crippen molar-refractivity contribution in [1.29, 1.82) is 0 Å². The van der Waals surface area contributed by atoms with Crippen LogP contribution in [0.3, 0.4) is 0 Å². The van der Waals surface area contributed by atoms with Crippen LogP contribution in [0.15, 0.2) is 29.3 Å². The minimum Gasteiger partial charge on any atom is -0.357 e. The molecule has 0 amide bonds. The molecule has 0 aliphatic carbocycles. The molecule has 29 heavy (non-hydrogen) atoms. The largest absolute Gasteiger partial charge is 0.357 e. The van der Waals surface area contributed by atoms with Crippen LogP contribution in [0.2, 0.25) is 0 Å². The molecule has 6 nitrogen and oxygen atoms in total. The molecule has 1 aromatic rings. The second kappa shape index (κ2) is 10.4. The standard InChI is InChI=1S/C21H35FN4O2S/c1-5-14-29(27,28)26-12-10-19(11-13-26)25-20(23-6-2)24-16-21(3,4)17-8-7-9-18(22)15-17/h7-9,15,19H,5-6,10-14,16H2,1-4H3,(H2,23,24,25). The molecule has 0 radical (unpaired) electrons. The zero-order valence-electron chi connectivity index (χ0n) is 18.0. The molecule has 1 saturated heterocycles. The van der Waals surface area contributed by atoms with Gasteiger partial charge >= 0.3 is 0 Å². The van der Waals surface area contributed by atoms with Crippen LogP contribution in [0.25, 0.3) is 0 Å². The molecule has 0 saturated carbocycles. The highest BCUT2D eigenvalue weighted by Gasteiger charge is 2.28. The molecule has 1 aromatic carbocycles. The maximum absolute atomic E-state index is 13.6. The maximum Gasteiger partial charge on any atom is 0.214 e. The topological polar surface area (TPSA) is 73.8 Å². The van der Waals surface area contributed by atoms with Gasteiger partial charge in [0.1, 0.15) is 5.82 Å². The van der Waals surface area contributed by atoms with Gasteiger partial charge in [-0.25, -0.2) is 17.1 Å². The number of piperidine rings is 1. The van der Waals surface area contributed by atoms with Crippen LogP contribution in [0, 0.1) is 5.82 Å². The van der Waals surface area contributed by atoms with Crippen molar-refractivity contribution >= 4 is 16.0 Å². The molecule has 0 unspecified atom stereocenters. The number of halogens is 1. The smallest absolute Gasteiger partial charge is 0.214 e. The molecule has 2 N–H and O–H groups in total. The Kier molecular flexibility index (Phi) is 8.46. The molecule has 0 atom stereocenters. The summed E-state index contributed by atoms with van der Waals surface area (Å²) in [5.74, 6) is 0.686. The Hall–Kier alpha value is -1.67. The molecule has 8 heteroatoms. The van der Waals surface area contributed by atoms with Crippen molar-refractivity contribution in [2.45, 2.75) is 58.4 Å². The summed E-state index contributed by atoms with van der Waals surface area (Å²) >= 11 is 0. The first-order chi connectivity index (χ1) is 13.7. The van der Waals surface area contributed by atoms with Gasteiger partial charge in [-0.3, -0.25) is 4.99 Å². The number of aliphatic imine (C=N–C) groups is 1. The van der Waals surface area contributed by atoms with Crippen LogP contribution >= 0.6 is 0 Å². The SMILES string of the molecule is CCCS(=O)(=O)N1CCC(NC(=NCC(C)(C)c2cccc(F)c2)NCC)CC1. The highest BCUT2D eigenvalue weighted by molar-refractivity contribution is 7.89. The number of hydrogen-bond donors (Lipinski definition) is 2. The van der Waals surface area contributed by atoms with E-state index in [9.17, 15) is 12.8 Å². The first kappa shape index (κ1) is 23.6. The number of guanidine groups is 1. The average molecular weight is 427 g/mol. The molecular weight excluding hydrogens is 391 g/mol. The van der Waals surface area contributed by atoms with E-state index in [1.54, 1.807) is 16.4 Å². The minimum absolute atomic E-state index is 0.179. The van der Waals surface area contributed by atoms with Crippen molar-refractivity contribution in [1.82, 2.24) is 14.9 Å². The Balaban J connectivity index is 1.98. The predicted octanol–water partition coefficient (Wildman–Crippen LogP) is 2.86. The molecule has 2 rings (SSSR count). The summed E-state index contributed by atoms with van der Waals surface area (Å²) in [4.78, 5) is 4.72. The normalized spacial score (nSPS) is 17.3. The fraction of sp³-hybridized carbons (Fsp3) is 0.667. The van der Waals surface area contributed by atoms with Crippen LogP contribution in [0.5, 0.6) is 0 Å². The highest BCUT2D eigenvalue weighted by Crippen LogP contribution is 2.24. The van der Waals surface area contributed by atoms with Crippen molar-refractivity contribution < 1.29 is 12.8 Å². The second-order valence-corrected chi connectivity index (χ2v) is 10.3. The van der Waals surface area contributed by atoms with Crippen LogP contribution in [0.4, 0.5) is 4.39 Å². The average Bonchev–Trinajstić information content (AvgIpc) is 2.67. The van der Waals surface area contributed by atoms with E-state index in [1.807, 2.05) is 33.8 Å². The summed E-state index contributed by atoms with van der Waals surface area (Å²) < 4.78 is 39.6. The fourth-order valence-corrected chi connectivity index (χ4v) is 5.00. The van der Waals surface area contributed by atoms with E-state index in [2.05, 4.69) is 10.6 Å². The third-order valence-corrected chi connectivity index (χ3v) is 7.31. The van der Waals surface area contributed by atoms with E-state index >= 15 is 0 Å². The Morgan fingerprint density at radius 1 is 1.28 bits per heavy atom. The molecule has 1 aliphatic heterocycles. The molecule has 1 heterocycles. The summed E-state index contributed by atoms with van der Waals surface area (Å²) in [7, 11) is -3.13. The number of nitrogens with one attached hydrogen (secondary N) is 2. The fourth-order valence-electron chi connectivity index (χ4n) is 3.46. The van der Waals surface area contributed by atoms with E-state index in [-0.39, 0.29) is 23.0 Å². The lowest BCUT2D eigenvalue weighted by Gasteiger charge is -2.32. The van der Waals surface area contributed by atoms with Crippen LogP contribution in [-0.2, 0) is 15.4 Å². The van der Waals surface area contributed by atoms with Crippen LogP contribution in [0.1, 0.15) is 52.5 Å². The monoisotopic (exact) mass is 426 g/mol. The van der Waals surface area contributed by atoms with Gasteiger partial charge in [-0.1, -0.05) is 32.9 Å². The quantitative estimate of drug-likeness (QED) is 0.495. The molecule has 1 aliphatic rings. The molecule has 0 spiro atoms. The lowest BCUT2D eigenvalue weighted by Crippen LogP contribution is -2.50. The first-order valence-corrected chi connectivity index (χ1v) is 12.1. The van der Waals surface area contributed by atoms with Gasteiger partial charge in [-0.15, -0.1) is 0 Å². The summed E-state index contributed by atoms with van der Waals surface area (Å²) in [6.45, 7) is 10.3. The van der Waals surface area contributed by atoms with Gasteiger partial charge in [0, 0.05) is 31.1 Å². The minimum atomic E-state index is -3.13. The number of benzene rings is 1. The Bertz CT molecular complexity index is 788. The molecule has 0 bridgehead atoms. The lowest BCUT2D eigenvalue weighted by molar-refractivity contribution is 0.306. The van der Waals surface area contributed by atoms with Crippen molar-refractivity contribution in [3.63, 3.8) is 0 Å². The predicted molar refractivity (Wildman–Crippen MR) is 117 cm³/mol. The van der Waals surface area contributed by atoms with Gasteiger partial charge in [-0.05, 0) is 43.9 Å². The highest BCUT2D eigenvalue weighted by atomic mass is 32.2. The molecular formula is C21H35FN4O2S. The summed E-state index contributed by atoms with van der Waals surface area (Å²) in [5.41, 5.74) is 0.605. The van der Waals surface area contributed by atoms with Crippen LogP contribution < -0.4 is 10.6 Å². The van der Waals surface area contributed by atoms with Gasteiger partial charge in [0.15, 0.2) is 5.96 Å². The zero-order chi connectivity index (χ0) is 21.5. The number of sulfonamides is 1. The summed E-state index contributed by atoms with van der Waals surface area (Å²) in [6.07, 6.45) is 2.14. The van der Waals surface area contributed by atoms with Crippen molar-refractivity contribution in [2.24, 2.45) is 4.99 Å².